The molecular formula is C22H15FN2O3. The minimum absolute atomic E-state index is 0.118. The molecule has 0 radical (unpaired) electrons. The lowest BCUT2D eigenvalue weighted by Gasteiger charge is -2.33. The van der Waals surface area contributed by atoms with Crippen molar-refractivity contribution in [2.75, 3.05) is 18.0 Å². The largest absolute Gasteiger partial charge is 0.453 e. The third-order valence-electron chi connectivity index (χ3n) is 5.03. The number of ether oxygens (including phenoxy) is 1. The molecule has 0 saturated heterocycles. The Bertz CT molecular complexity index is 1080. The highest BCUT2D eigenvalue weighted by Gasteiger charge is 2.38. The standard InChI is InChI=1S/C22H15FN2O3/c23-15-7-5-6-14-20(15)22(27)25(21(14)26)13-12-24-16-8-1-3-10-18(16)28-19-11-4-2-9-17(19)24/h1-11H,12-13H2. The van der Waals surface area contributed by atoms with Gasteiger partial charge in [0.05, 0.1) is 22.5 Å². The molecule has 0 aromatic heterocycles. The second kappa shape index (κ2) is 6.20. The molecule has 0 bridgehead atoms. The molecule has 138 valence electrons. The third kappa shape index (κ3) is 2.38. The molecule has 3 aromatic carbocycles. The van der Waals surface area contributed by atoms with Crippen LogP contribution < -0.4 is 9.64 Å². The molecule has 0 unspecified atom stereocenters. The SMILES string of the molecule is O=C1c2cccc(F)c2C(=O)N1CCN1c2ccccc2Oc2ccccc21. The van der Waals surface area contributed by atoms with Gasteiger partial charge in [-0.25, -0.2) is 4.39 Å². The van der Waals surface area contributed by atoms with E-state index in [0.29, 0.717) is 18.0 Å². The molecule has 5 rings (SSSR count). The predicted octanol–water partition coefficient (Wildman–Crippen LogP) is 4.37. The summed E-state index contributed by atoms with van der Waals surface area (Å²) in [5.74, 6) is -0.313. The lowest BCUT2D eigenvalue weighted by atomic mass is 10.1. The molecule has 6 heteroatoms. The van der Waals surface area contributed by atoms with Gasteiger partial charge in [0.2, 0.25) is 0 Å². The van der Waals surface area contributed by atoms with Crippen molar-refractivity contribution in [2.45, 2.75) is 0 Å². The lowest BCUT2D eigenvalue weighted by molar-refractivity contribution is 0.0657. The number of rotatable bonds is 3. The quantitative estimate of drug-likeness (QED) is 0.639. The van der Waals surface area contributed by atoms with Crippen LogP contribution in [0.1, 0.15) is 20.7 Å². The van der Waals surface area contributed by atoms with E-state index in [1.165, 1.54) is 18.2 Å². The first kappa shape index (κ1) is 16.5. The number of fused-ring (bicyclic) bond motifs is 3. The highest BCUT2D eigenvalue weighted by molar-refractivity contribution is 6.21. The summed E-state index contributed by atoms with van der Waals surface area (Å²) in [7, 11) is 0. The van der Waals surface area contributed by atoms with E-state index in [2.05, 4.69) is 0 Å². The number of amides is 2. The molecule has 0 atom stereocenters. The zero-order valence-corrected chi connectivity index (χ0v) is 14.8. The lowest BCUT2D eigenvalue weighted by Crippen LogP contribution is -2.37. The van der Waals surface area contributed by atoms with Crippen molar-refractivity contribution in [3.8, 4) is 11.5 Å². The molecule has 5 nitrogen and oxygen atoms in total. The summed E-state index contributed by atoms with van der Waals surface area (Å²) in [4.78, 5) is 28.3. The molecule has 0 N–H and O–H groups in total. The fourth-order valence-corrected chi connectivity index (χ4v) is 3.72. The summed E-state index contributed by atoms with van der Waals surface area (Å²) in [5.41, 5.74) is 1.68. The fourth-order valence-electron chi connectivity index (χ4n) is 3.72. The van der Waals surface area contributed by atoms with Gasteiger partial charge in [0.1, 0.15) is 5.82 Å². The number of carbonyl (C=O) groups is 2. The molecule has 2 heterocycles. The van der Waals surface area contributed by atoms with E-state index in [-0.39, 0.29) is 17.7 Å². The van der Waals surface area contributed by atoms with E-state index < -0.39 is 17.6 Å². The van der Waals surface area contributed by atoms with Gasteiger partial charge in [-0.2, -0.15) is 0 Å². The van der Waals surface area contributed by atoms with E-state index in [1.807, 2.05) is 53.4 Å². The van der Waals surface area contributed by atoms with Gasteiger partial charge in [0, 0.05) is 13.1 Å². The van der Waals surface area contributed by atoms with Crippen LogP contribution in [-0.2, 0) is 0 Å². The van der Waals surface area contributed by atoms with Crippen LogP contribution in [0.4, 0.5) is 15.8 Å². The van der Waals surface area contributed by atoms with E-state index >= 15 is 0 Å². The topological polar surface area (TPSA) is 49.9 Å². The highest BCUT2D eigenvalue weighted by atomic mass is 19.1. The van der Waals surface area contributed by atoms with Gasteiger partial charge >= 0.3 is 0 Å². The van der Waals surface area contributed by atoms with Gasteiger partial charge in [-0.1, -0.05) is 30.3 Å². The van der Waals surface area contributed by atoms with Crippen LogP contribution in [0.25, 0.3) is 0 Å². The van der Waals surface area contributed by atoms with Gasteiger partial charge in [0.15, 0.2) is 11.5 Å². The zero-order chi connectivity index (χ0) is 19.3. The normalized spacial score (nSPS) is 14.5. The Hall–Kier alpha value is -3.67. The van der Waals surface area contributed by atoms with Crippen LogP contribution >= 0.6 is 0 Å². The molecule has 0 fully saturated rings. The Kier molecular flexibility index (Phi) is 3.65. The number of halogens is 1. The van der Waals surface area contributed by atoms with Crippen LogP contribution in [0, 0.1) is 5.82 Å². The molecule has 0 spiro atoms. The Morgan fingerprint density at radius 2 is 1.32 bits per heavy atom. The molecule has 3 aromatic rings. The number of benzene rings is 3. The Balaban J connectivity index is 1.46. The minimum atomic E-state index is -0.666. The fraction of sp³-hybridized carbons (Fsp3) is 0.0909. The van der Waals surface area contributed by atoms with Gasteiger partial charge < -0.3 is 9.64 Å². The number of para-hydroxylation sites is 4. The van der Waals surface area contributed by atoms with Crippen molar-refractivity contribution in [1.82, 2.24) is 4.90 Å². The number of anilines is 2. The molecule has 0 saturated carbocycles. The molecular weight excluding hydrogens is 359 g/mol. The van der Waals surface area contributed by atoms with Gasteiger partial charge in [-0.05, 0) is 36.4 Å². The van der Waals surface area contributed by atoms with Crippen molar-refractivity contribution in [2.24, 2.45) is 0 Å². The van der Waals surface area contributed by atoms with Crippen LogP contribution in [0.3, 0.4) is 0 Å². The summed E-state index contributed by atoms with van der Waals surface area (Å²) in [6.07, 6.45) is 0. The summed E-state index contributed by atoms with van der Waals surface area (Å²) in [6, 6.07) is 19.3. The second-order valence-electron chi connectivity index (χ2n) is 6.61. The Morgan fingerprint density at radius 1 is 0.714 bits per heavy atom. The first-order chi connectivity index (χ1) is 13.6. The van der Waals surface area contributed by atoms with Crippen molar-refractivity contribution in [3.05, 3.63) is 83.7 Å². The van der Waals surface area contributed by atoms with Gasteiger partial charge in [-0.15, -0.1) is 0 Å². The van der Waals surface area contributed by atoms with E-state index in [0.717, 1.165) is 16.3 Å². The van der Waals surface area contributed by atoms with Crippen molar-refractivity contribution in [1.29, 1.82) is 0 Å². The smallest absolute Gasteiger partial charge is 0.264 e. The van der Waals surface area contributed by atoms with Crippen LogP contribution in [0.5, 0.6) is 11.5 Å². The maximum Gasteiger partial charge on any atom is 0.264 e. The minimum Gasteiger partial charge on any atom is -0.453 e. The number of nitrogens with zero attached hydrogens (tertiary/aromatic N) is 2. The molecule has 0 aliphatic carbocycles. The number of hydrogen-bond donors (Lipinski definition) is 0. The number of carbonyl (C=O) groups excluding carboxylic acids is 2. The third-order valence-corrected chi connectivity index (χ3v) is 5.03. The van der Waals surface area contributed by atoms with E-state index in [4.69, 9.17) is 4.74 Å². The highest BCUT2D eigenvalue weighted by Crippen LogP contribution is 2.46. The van der Waals surface area contributed by atoms with Gasteiger partial charge in [-0.3, -0.25) is 14.5 Å². The molecule has 28 heavy (non-hydrogen) atoms. The summed E-state index contributed by atoms with van der Waals surface area (Å²) in [6.45, 7) is 0.499. The maximum absolute atomic E-state index is 14.1. The number of imide groups is 1. The average molecular weight is 374 g/mol. The summed E-state index contributed by atoms with van der Waals surface area (Å²) < 4.78 is 20.0. The predicted molar refractivity (Wildman–Crippen MR) is 102 cm³/mol. The summed E-state index contributed by atoms with van der Waals surface area (Å²) >= 11 is 0. The van der Waals surface area contributed by atoms with Crippen LogP contribution in [0.2, 0.25) is 0 Å². The molecule has 2 aliphatic rings. The van der Waals surface area contributed by atoms with Crippen molar-refractivity contribution < 1.29 is 18.7 Å². The van der Waals surface area contributed by atoms with E-state index in [9.17, 15) is 14.0 Å². The first-order valence-corrected chi connectivity index (χ1v) is 8.93. The maximum atomic E-state index is 14.1. The second-order valence-corrected chi connectivity index (χ2v) is 6.61. The first-order valence-electron chi connectivity index (χ1n) is 8.93. The van der Waals surface area contributed by atoms with Crippen LogP contribution in [0.15, 0.2) is 66.7 Å². The molecule has 2 amide bonds. The van der Waals surface area contributed by atoms with Crippen molar-refractivity contribution >= 4 is 23.2 Å². The van der Waals surface area contributed by atoms with Crippen molar-refractivity contribution in [3.63, 3.8) is 0 Å². The molecule has 2 aliphatic heterocycles. The monoisotopic (exact) mass is 374 g/mol. The van der Waals surface area contributed by atoms with Gasteiger partial charge in [0.25, 0.3) is 11.8 Å². The average Bonchev–Trinajstić information content (AvgIpc) is 2.96. The zero-order valence-electron chi connectivity index (χ0n) is 14.8. The van der Waals surface area contributed by atoms with Crippen LogP contribution in [-0.4, -0.2) is 29.8 Å². The number of hydrogen-bond acceptors (Lipinski definition) is 4. The Morgan fingerprint density at radius 3 is 1.96 bits per heavy atom. The summed E-state index contributed by atoms with van der Waals surface area (Å²) in [5, 5.41) is 0. The Labute approximate surface area is 160 Å². The van der Waals surface area contributed by atoms with E-state index in [1.54, 1.807) is 0 Å².